The van der Waals surface area contributed by atoms with E-state index in [2.05, 4.69) is 36.2 Å². The summed E-state index contributed by atoms with van der Waals surface area (Å²) in [5, 5.41) is 31.0. The van der Waals surface area contributed by atoms with Crippen LogP contribution in [-0.4, -0.2) is 85.0 Å². The highest BCUT2D eigenvalue weighted by Gasteiger charge is 2.19. The van der Waals surface area contributed by atoms with Crippen molar-refractivity contribution in [2.24, 2.45) is 0 Å². The number of hydrogen-bond acceptors (Lipinski definition) is 7. The van der Waals surface area contributed by atoms with Crippen LogP contribution in [0.4, 0.5) is 0 Å². The average molecular weight is 473 g/mol. The predicted octanol–water partition coefficient (Wildman–Crippen LogP) is 2.52. The predicted molar refractivity (Wildman–Crippen MR) is 135 cm³/mol. The van der Waals surface area contributed by atoms with Crippen LogP contribution < -0.4 is 14.8 Å². The molecule has 1 saturated heterocycles. The van der Waals surface area contributed by atoms with E-state index in [-0.39, 0.29) is 12.7 Å². The third kappa shape index (κ3) is 7.68. The lowest BCUT2D eigenvalue weighted by Crippen LogP contribution is -2.30. The van der Waals surface area contributed by atoms with Gasteiger partial charge in [0, 0.05) is 26.2 Å². The van der Waals surface area contributed by atoms with Crippen LogP contribution in [0.25, 0.3) is 11.1 Å². The molecule has 2 atom stereocenters. The van der Waals surface area contributed by atoms with E-state index in [4.69, 9.17) is 14.6 Å². The second-order valence-electron chi connectivity index (χ2n) is 9.05. The topological polar surface area (TPSA) is 94.4 Å². The van der Waals surface area contributed by atoms with Crippen molar-refractivity contribution < 1.29 is 24.8 Å². The molecule has 0 unspecified atom stereocenters. The second-order valence-corrected chi connectivity index (χ2v) is 9.05. The molecule has 0 aromatic heterocycles. The molecule has 1 aliphatic rings. The van der Waals surface area contributed by atoms with E-state index in [1.165, 1.54) is 0 Å². The molecule has 34 heavy (non-hydrogen) atoms. The Morgan fingerprint density at radius 2 is 1.62 bits per heavy atom. The molecule has 1 fully saturated rings. The van der Waals surface area contributed by atoms with E-state index in [1.54, 1.807) is 0 Å². The third-order valence-corrected chi connectivity index (χ3v) is 6.33. The molecule has 1 aliphatic heterocycles. The van der Waals surface area contributed by atoms with Crippen molar-refractivity contribution in [3.8, 4) is 22.6 Å². The number of rotatable bonds is 14. The Morgan fingerprint density at radius 1 is 1.00 bits per heavy atom. The third-order valence-electron chi connectivity index (χ3n) is 6.33. The number of nitrogens with one attached hydrogen (secondary N) is 1. The Bertz CT molecular complexity index is 891. The van der Waals surface area contributed by atoms with Crippen LogP contribution in [0.15, 0.2) is 36.4 Å². The molecule has 3 rings (SSSR count). The van der Waals surface area contributed by atoms with Gasteiger partial charge in [-0.2, -0.15) is 0 Å². The fraction of sp³-hybridized carbons (Fsp3) is 0.556. The Morgan fingerprint density at radius 3 is 2.18 bits per heavy atom. The average Bonchev–Trinajstić information content (AvgIpc) is 3.25. The summed E-state index contributed by atoms with van der Waals surface area (Å²) in [6.45, 7) is 8.96. The summed E-state index contributed by atoms with van der Waals surface area (Å²) in [6.07, 6.45) is 1.72. The minimum Gasteiger partial charge on any atom is -0.493 e. The van der Waals surface area contributed by atoms with Crippen LogP contribution in [0, 0.1) is 13.8 Å². The zero-order valence-corrected chi connectivity index (χ0v) is 20.5. The first-order valence-electron chi connectivity index (χ1n) is 12.3. The molecule has 7 nitrogen and oxygen atoms in total. The minimum absolute atomic E-state index is 0.176. The highest BCUT2D eigenvalue weighted by molar-refractivity contribution is 5.74. The number of hydrogen-bond donors (Lipinski definition) is 4. The van der Waals surface area contributed by atoms with Gasteiger partial charge in [-0.25, -0.2) is 0 Å². The van der Waals surface area contributed by atoms with E-state index < -0.39 is 6.10 Å². The maximum Gasteiger partial charge on any atom is 0.122 e. The van der Waals surface area contributed by atoms with Crippen LogP contribution in [0.5, 0.6) is 11.5 Å². The summed E-state index contributed by atoms with van der Waals surface area (Å²) >= 11 is 0. The first-order chi connectivity index (χ1) is 16.5. The molecular weight excluding hydrogens is 432 g/mol. The maximum atomic E-state index is 9.66. The van der Waals surface area contributed by atoms with Crippen LogP contribution >= 0.6 is 0 Å². The van der Waals surface area contributed by atoms with Gasteiger partial charge in [0.1, 0.15) is 11.5 Å². The number of aliphatic hydroxyl groups excluding tert-OH is 3. The van der Waals surface area contributed by atoms with Gasteiger partial charge in [0.2, 0.25) is 0 Å². The van der Waals surface area contributed by atoms with E-state index in [1.807, 2.05) is 24.3 Å². The first-order valence-corrected chi connectivity index (χ1v) is 12.3. The molecule has 0 radical (unpaired) electrons. The number of ether oxygens (including phenoxy) is 2. The lowest BCUT2D eigenvalue weighted by atomic mass is 9.95. The monoisotopic (exact) mass is 472 g/mol. The molecule has 0 bridgehead atoms. The lowest BCUT2D eigenvalue weighted by molar-refractivity contribution is 0.0942. The number of nitrogens with zero attached hydrogens (tertiary/aromatic N) is 1. The van der Waals surface area contributed by atoms with Crippen LogP contribution in [0.3, 0.4) is 0 Å². The van der Waals surface area contributed by atoms with Gasteiger partial charge in [-0.3, -0.25) is 0 Å². The molecule has 188 valence electrons. The SMILES string of the molecule is Cc1c(OCCCNC[C@H](O)CO)cccc1-c1cccc(OCCCN2CC[C@@H](O)C2)c1C. The standard InChI is InChI=1S/C27H40N2O5/c1-20-24(7-3-9-26(20)33-15-5-12-28-17-23(32)19-30)25-8-4-10-27(21(25)2)34-16-6-13-29-14-11-22(31)18-29/h3-4,7-10,22-23,28,30-32H,5-6,11-19H2,1-2H3/t22-,23+/m1/s1. The number of aliphatic hydroxyl groups is 3. The van der Waals surface area contributed by atoms with Crippen LogP contribution in [0.2, 0.25) is 0 Å². The van der Waals surface area contributed by atoms with E-state index in [0.29, 0.717) is 26.3 Å². The number of likely N-dealkylation sites (tertiary alicyclic amines) is 1. The molecule has 0 aliphatic carbocycles. The fourth-order valence-corrected chi connectivity index (χ4v) is 4.32. The van der Waals surface area contributed by atoms with Gasteiger partial charge in [0.25, 0.3) is 0 Å². The summed E-state index contributed by atoms with van der Waals surface area (Å²) in [5.41, 5.74) is 4.49. The Kier molecular flexibility index (Phi) is 10.6. The first kappa shape index (κ1) is 26.4. The summed E-state index contributed by atoms with van der Waals surface area (Å²) in [6, 6.07) is 12.3. The Labute approximate surface area is 203 Å². The van der Waals surface area contributed by atoms with Gasteiger partial charge in [0.15, 0.2) is 0 Å². The zero-order chi connectivity index (χ0) is 24.3. The van der Waals surface area contributed by atoms with Crippen LogP contribution in [0.1, 0.15) is 30.4 Å². The summed E-state index contributed by atoms with van der Waals surface area (Å²) in [4.78, 5) is 2.29. The largest absolute Gasteiger partial charge is 0.493 e. The zero-order valence-electron chi connectivity index (χ0n) is 20.5. The molecule has 7 heteroatoms. The van der Waals surface area contributed by atoms with Gasteiger partial charge >= 0.3 is 0 Å². The van der Waals surface area contributed by atoms with E-state index in [0.717, 1.165) is 72.6 Å². The van der Waals surface area contributed by atoms with Crippen LogP contribution in [-0.2, 0) is 0 Å². The molecule has 0 spiro atoms. The van der Waals surface area contributed by atoms with Crippen molar-refractivity contribution in [1.82, 2.24) is 10.2 Å². The van der Waals surface area contributed by atoms with Gasteiger partial charge < -0.3 is 35.0 Å². The van der Waals surface area contributed by atoms with Gasteiger partial charge in [0.05, 0.1) is 32.0 Å². The van der Waals surface area contributed by atoms with Crippen molar-refractivity contribution in [3.05, 3.63) is 47.5 Å². The lowest BCUT2D eigenvalue weighted by Gasteiger charge is -2.18. The highest BCUT2D eigenvalue weighted by Crippen LogP contribution is 2.35. The van der Waals surface area contributed by atoms with Gasteiger partial charge in [-0.15, -0.1) is 0 Å². The maximum absolute atomic E-state index is 9.66. The van der Waals surface area contributed by atoms with Crippen molar-refractivity contribution in [2.45, 2.75) is 45.3 Å². The quantitative estimate of drug-likeness (QED) is 0.314. The van der Waals surface area contributed by atoms with Crippen molar-refractivity contribution in [1.29, 1.82) is 0 Å². The summed E-state index contributed by atoms with van der Waals surface area (Å²) in [7, 11) is 0. The van der Waals surface area contributed by atoms with E-state index >= 15 is 0 Å². The minimum atomic E-state index is -0.720. The molecule has 4 N–H and O–H groups in total. The molecule has 1 heterocycles. The molecule has 0 amide bonds. The van der Waals surface area contributed by atoms with Crippen molar-refractivity contribution >= 4 is 0 Å². The Balaban J connectivity index is 1.53. The molecular formula is C27H40N2O5. The van der Waals surface area contributed by atoms with Gasteiger partial charge in [-0.05, 0) is 74.0 Å². The highest BCUT2D eigenvalue weighted by atomic mass is 16.5. The normalized spacial score (nSPS) is 17.1. The molecule has 2 aromatic carbocycles. The van der Waals surface area contributed by atoms with Crippen molar-refractivity contribution in [2.75, 3.05) is 52.5 Å². The summed E-state index contributed by atoms with van der Waals surface area (Å²) in [5.74, 6) is 1.77. The van der Waals surface area contributed by atoms with E-state index in [9.17, 15) is 10.2 Å². The number of benzene rings is 2. The smallest absolute Gasteiger partial charge is 0.122 e. The van der Waals surface area contributed by atoms with Gasteiger partial charge in [-0.1, -0.05) is 24.3 Å². The summed E-state index contributed by atoms with van der Waals surface area (Å²) < 4.78 is 12.2. The van der Waals surface area contributed by atoms with Crippen molar-refractivity contribution in [3.63, 3.8) is 0 Å². The Hall–Kier alpha value is -2.16. The fourth-order valence-electron chi connectivity index (χ4n) is 4.32. The number of β-amino-alcohol motifs (C(OH)–C–C–N with tert-alkyl or cyclic N) is 1. The molecule has 0 saturated carbocycles. The second kappa shape index (κ2) is 13.7. The molecule has 2 aromatic rings.